The molecule has 32 heavy (non-hydrogen) atoms. The van der Waals surface area contributed by atoms with Gasteiger partial charge < -0.3 is 4.90 Å². The largest absolute Gasteiger partial charge is 0.322 e. The zero-order chi connectivity index (χ0) is 23.0. The van der Waals surface area contributed by atoms with Gasteiger partial charge in [0.25, 0.3) is 16.0 Å². The first-order valence-corrected chi connectivity index (χ1v) is 12.4. The van der Waals surface area contributed by atoms with Crippen LogP contribution >= 0.6 is 11.8 Å². The van der Waals surface area contributed by atoms with E-state index in [0.29, 0.717) is 10.5 Å². The van der Waals surface area contributed by atoms with Crippen LogP contribution in [0.5, 0.6) is 0 Å². The topological polar surface area (TPSA) is 110 Å². The molecule has 10 heteroatoms. The molecule has 2 aliphatic heterocycles. The van der Waals surface area contributed by atoms with E-state index in [2.05, 4.69) is 5.32 Å². The molecule has 0 aliphatic carbocycles. The number of fused-ring (bicyclic) bond motifs is 1. The number of hydrogen-bond donors (Lipinski definition) is 1. The molecule has 2 heterocycles. The van der Waals surface area contributed by atoms with Crippen LogP contribution in [0.15, 0.2) is 51.1 Å². The first-order valence-electron chi connectivity index (χ1n) is 10.2. The summed E-state index contributed by atoms with van der Waals surface area (Å²) in [6.45, 7) is 3.71. The van der Waals surface area contributed by atoms with Crippen LogP contribution in [0.4, 0.5) is 0 Å². The smallest absolute Gasteiger partial charge is 0.298 e. The number of nitrogens with one attached hydrogen (secondary N) is 1. The molecule has 1 saturated heterocycles. The van der Waals surface area contributed by atoms with Crippen LogP contribution in [-0.4, -0.2) is 43.7 Å². The van der Waals surface area contributed by atoms with Gasteiger partial charge in [-0.05, 0) is 55.7 Å². The lowest BCUT2D eigenvalue weighted by Gasteiger charge is -2.29. The van der Waals surface area contributed by atoms with E-state index in [9.17, 15) is 22.8 Å². The van der Waals surface area contributed by atoms with Crippen LogP contribution in [0.25, 0.3) is 0 Å². The Labute approximate surface area is 190 Å². The fourth-order valence-electron chi connectivity index (χ4n) is 3.89. The molecule has 0 saturated carbocycles. The van der Waals surface area contributed by atoms with Crippen molar-refractivity contribution in [2.24, 2.45) is 0 Å². The average molecular weight is 475 g/mol. The van der Waals surface area contributed by atoms with Crippen molar-refractivity contribution < 1.29 is 27.0 Å². The second kappa shape index (κ2) is 8.68. The average Bonchev–Trinajstić information content (AvgIpc) is 3.05. The molecule has 1 fully saturated rings. The Morgan fingerprint density at radius 3 is 2.66 bits per heavy atom. The number of benzene rings is 2. The van der Waals surface area contributed by atoms with Crippen molar-refractivity contribution in [3.63, 3.8) is 0 Å². The van der Waals surface area contributed by atoms with Gasteiger partial charge in [-0.15, -0.1) is 0 Å². The highest BCUT2D eigenvalue weighted by molar-refractivity contribution is 8.00. The molecule has 2 aromatic carbocycles. The van der Waals surface area contributed by atoms with Crippen molar-refractivity contribution in [3.8, 4) is 0 Å². The van der Waals surface area contributed by atoms with E-state index in [1.165, 1.54) is 22.7 Å². The van der Waals surface area contributed by atoms with Crippen molar-refractivity contribution in [2.45, 2.75) is 54.0 Å². The molecule has 0 radical (unpaired) electrons. The van der Waals surface area contributed by atoms with E-state index in [1.54, 1.807) is 31.2 Å². The van der Waals surface area contributed by atoms with E-state index in [-0.39, 0.29) is 42.7 Å². The first kappa shape index (κ1) is 22.5. The number of rotatable bonds is 6. The van der Waals surface area contributed by atoms with Crippen LogP contribution < -0.4 is 5.32 Å². The van der Waals surface area contributed by atoms with Crippen LogP contribution in [0, 0.1) is 6.92 Å². The molecule has 3 amide bonds. The van der Waals surface area contributed by atoms with Gasteiger partial charge in [0, 0.05) is 28.3 Å². The molecule has 1 unspecified atom stereocenters. The third-order valence-corrected chi connectivity index (χ3v) is 8.13. The van der Waals surface area contributed by atoms with Crippen molar-refractivity contribution in [1.82, 2.24) is 10.2 Å². The number of piperidine rings is 1. The lowest BCUT2D eigenvalue weighted by Crippen LogP contribution is -2.52. The van der Waals surface area contributed by atoms with Gasteiger partial charge in [0.05, 0.1) is 6.61 Å². The van der Waals surface area contributed by atoms with Gasteiger partial charge in [-0.3, -0.25) is 23.9 Å². The van der Waals surface area contributed by atoms with Crippen molar-refractivity contribution in [1.29, 1.82) is 0 Å². The third-order valence-electron chi connectivity index (χ3n) is 5.40. The second-order valence-corrected chi connectivity index (χ2v) is 10.3. The highest BCUT2D eigenvalue weighted by Gasteiger charge is 2.40. The molecule has 168 valence electrons. The first-order chi connectivity index (χ1) is 15.2. The highest BCUT2D eigenvalue weighted by Crippen LogP contribution is 2.40. The van der Waals surface area contributed by atoms with Gasteiger partial charge in [-0.1, -0.05) is 23.9 Å². The van der Waals surface area contributed by atoms with E-state index < -0.39 is 22.1 Å². The summed E-state index contributed by atoms with van der Waals surface area (Å²) in [5.41, 5.74) is 2.09. The normalized spacial score (nSPS) is 18.6. The monoisotopic (exact) mass is 474 g/mol. The minimum Gasteiger partial charge on any atom is -0.322 e. The number of imide groups is 1. The Bertz CT molecular complexity index is 1220. The number of hydrogen-bond acceptors (Lipinski definition) is 7. The maximum absolute atomic E-state index is 13.0. The number of amides is 3. The predicted molar refractivity (Wildman–Crippen MR) is 117 cm³/mol. The van der Waals surface area contributed by atoms with Crippen molar-refractivity contribution in [2.75, 3.05) is 6.61 Å². The summed E-state index contributed by atoms with van der Waals surface area (Å²) >= 11 is 1.25. The molecule has 0 bridgehead atoms. The molecule has 0 aromatic heterocycles. The van der Waals surface area contributed by atoms with E-state index in [1.807, 2.05) is 13.0 Å². The van der Waals surface area contributed by atoms with Gasteiger partial charge in [0.1, 0.15) is 10.9 Å². The maximum atomic E-state index is 13.0. The van der Waals surface area contributed by atoms with Gasteiger partial charge in [-0.25, -0.2) is 0 Å². The van der Waals surface area contributed by atoms with Gasteiger partial charge in [0.15, 0.2) is 0 Å². The molecule has 1 N–H and O–H groups in total. The van der Waals surface area contributed by atoms with Crippen LogP contribution in [-0.2, 0) is 30.4 Å². The standard InChI is InChI=1S/C22H22N2O6S2/c1-3-30-32(28,29)19-9-7-13(2)11-18(19)31-17-6-4-5-14-15(17)12-24(22(14)27)16-8-10-20(25)23-21(16)26/h4-7,9,11,16H,3,8,10,12H2,1-2H3,(H,23,25,26). The number of nitrogens with zero attached hydrogens (tertiary/aromatic N) is 1. The number of carbonyl (C=O) groups excluding carboxylic acids is 3. The highest BCUT2D eigenvalue weighted by atomic mass is 32.2. The maximum Gasteiger partial charge on any atom is 0.298 e. The zero-order valence-corrected chi connectivity index (χ0v) is 19.2. The van der Waals surface area contributed by atoms with E-state index >= 15 is 0 Å². The molecule has 0 spiro atoms. The molecular formula is C22H22N2O6S2. The van der Waals surface area contributed by atoms with Crippen molar-refractivity contribution in [3.05, 3.63) is 53.1 Å². The van der Waals surface area contributed by atoms with Gasteiger partial charge in [-0.2, -0.15) is 8.42 Å². The Morgan fingerprint density at radius 2 is 1.94 bits per heavy atom. The molecule has 2 aromatic rings. The van der Waals surface area contributed by atoms with Crippen LogP contribution in [0.3, 0.4) is 0 Å². The predicted octanol–water partition coefficient (Wildman–Crippen LogP) is 2.63. The fourth-order valence-corrected chi connectivity index (χ4v) is 6.39. The summed E-state index contributed by atoms with van der Waals surface area (Å²) in [5, 5.41) is 2.29. The molecule has 8 nitrogen and oxygen atoms in total. The minimum atomic E-state index is -3.93. The lowest BCUT2D eigenvalue weighted by molar-refractivity contribution is -0.136. The Morgan fingerprint density at radius 1 is 1.16 bits per heavy atom. The molecule has 2 aliphatic rings. The van der Waals surface area contributed by atoms with E-state index in [4.69, 9.17) is 4.18 Å². The van der Waals surface area contributed by atoms with Gasteiger partial charge in [0.2, 0.25) is 11.8 Å². The third kappa shape index (κ3) is 4.17. The number of aryl methyl sites for hydroxylation is 1. The summed E-state index contributed by atoms with van der Waals surface area (Å²) in [6.07, 6.45) is 0.460. The Kier molecular flexibility index (Phi) is 6.11. The summed E-state index contributed by atoms with van der Waals surface area (Å²) in [6, 6.07) is 9.54. The molecular weight excluding hydrogens is 452 g/mol. The summed E-state index contributed by atoms with van der Waals surface area (Å²) in [7, 11) is -3.93. The summed E-state index contributed by atoms with van der Waals surface area (Å²) in [4.78, 5) is 39.6. The quantitative estimate of drug-likeness (QED) is 0.506. The SMILES string of the molecule is CCOS(=O)(=O)c1ccc(C)cc1Sc1cccc2c1CN(C1CCC(=O)NC1=O)C2=O. The Balaban J connectivity index is 1.68. The van der Waals surface area contributed by atoms with Crippen LogP contribution in [0.1, 0.15) is 41.3 Å². The lowest BCUT2D eigenvalue weighted by atomic mass is 10.0. The molecule has 4 rings (SSSR count). The van der Waals surface area contributed by atoms with Gasteiger partial charge >= 0.3 is 0 Å². The summed E-state index contributed by atoms with van der Waals surface area (Å²) < 4.78 is 30.2. The zero-order valence-electron chi connectivity index (χ0n) is 17.6. The fraction of sp³-hybridized carbons (Fsp3) is 0.318. The Hall–Kier alpha value is -2.69. The second-order valence-electron chi connectivity index (χ2n) is 7.60. The minimum absolute atomic E-state index is 0.0243. The summed E-state index contributed by atoms with van der Waals surface area (Å²) in [5.74, 6) is -1.09. The van der Waals surface area contributed by atoms with Crippen LogP contribution in [0.2, 0.25) is 0 Å². The number of carbonyl (C=O) groups is 3. The van der Waals surface area contributed by atoms with Crippen molar-refractivity contribution >= 4 is 39.6 Å². The van der Waals surface area contributed by atoms with E-state index in [0.717, 1.165) is 16.0 Å². The molecule has 1 atom stereocenters.